The molecule has 1 fully saturated rings. The van der Waals surface area contributed by atoms with E-state index in [2.05, 4.69) is 31.3 Å². The molecule has 106 valence electrons. The van der Waals surface area contributed by atoms with Crippen molar-refractivity contribution in [2.24, 2.45) is 5.41 Å². The van der Waals surface area contributed by atoms with Gasteiger partial charge in [0.05, 0.1) is 0 Å². The van der Waals surface area contributed by atoms with Crippen LogP contribution in [0.25, 0.3) is 10.8 Å². The molecule has 0 radical (unpaired) electrons. The van der Waals surface area contributed by atoms with Gasteiger partial charge in [0, 0.05) is 22.5 Å². The topological polar surface area (TPSA) is 32.3 Å². The molecule has 0 aliphatic heterocycles. The summed E-state index contributed by atoms with van der Waals surface area (Å²) in [5.41, 5.74) is 1.57. The first-order chi connectivity index (χ1) is 9.55. The van der Waals surface area contributed by atoms with Gasteiger partial charge in [0.15, 0.2) is 0 Å². The van der Waals surface area contributed by atoms with Gasteiger partial charge in [-0.25, -0.2) is 0 Å². The number of benzene rings is 2. The smallest absolute Gasteiger partial charge is 0.123 e. The number of hydrogen-bond donors (Lipinski definition) is 2. The molecule has 1 saturated carbocycles. The third kappa shape index (κ3) is 2.60. The number of aromatic hydroxyl groups is 1. The molecule has 3 rings (SSSR count). The van der Waals surface area contributed by atoms with Crippen LogP contribution in [-0.4, -0.2) is 11.1 Å². The molecule has 1 atom stereocenters. The van der Waals surface area contributed by atoms with E-state index < -0.39 is 0 Å². The molecule has 2 nitrogen and oxygen atoms in total. The normalized spacial score (nSPS) is 21.8. The number of rotatable bonds is 2. The van der Waals surface area contributed by atoms with Gasteiger partial charge in [0.25, 0.3) is 0 Å². The van der Waals surface area contributed by atoms with E-state index in [1.165, 1.54) is 25.7 Å². The van der Waals surface area contributed by atoms with Gasteiger partial charge in [0.2, 0.25) is 0 Å². The van der Waals surface area contributed by atoms with Crippen LogP contribution >= 0.6 is 0 Å². The number of nitrogens with one attached hydrogen (secondary N) is 1. The van der Waals surface area contributed by atoms with Crippen LogP contribution in [0.15, 0.2) is 36.4 Å². The standard InChI is InChI=1S/C18H23NO/c1-18(2)11-5-6-13(12-18)19-16-9-3-8-15-14(16)7-4-10-17(15)20/h3-4,7-10,13,19-20H,5-6,11-12H2,1-2H3. The van der Waals surface area contributed by atoms with E-state index in [1.807, 2.05) is 18.2 Å². The highest BCUT2D eigenvalue weighted by Crippen LogP contribution is 2.37. The maximum atomic E-state index is 9.96. The second-order valence-electron chi connectivity index (χ2n) is 6.78. The molecule has 20 heavy (non-hydrogen) atoms. The van der Waals surface area contributed by atoms with Crippen molar-refractivity contribution in [2.75, 3.05) is 5.32 Å². The van der Waals surface area contributed by atoms with Crippen molar-refractivity contribution in [3.05, 3.63) is 36.4 Å². The molecule has 1 aliphatic rings. The Morgan fingerprint density at radius 3 is 2.65 bits per heavy atom. The Labute approximate surface area is 120 Å². The molecular formula is C18H23NO. The molecule has 2 aromatic rings. The van der Waals surface area contributed by atoms with Gasteiger partial charge in [-0.05, 0) is 36.8 Å². The summed E-state index contributed by atoms with van der Waals surface area (Å²) in [6.07, 6.45) is 5.06. The van der Waals surface area contributed by atoms with Crippen molar-refractivity contribution in [1.82, 2.24) is 0 Å². The van der Waals surface area contributed by atoms with E-state index in [9.17, 15) is 5.11 Å². The zero-order valence-electron chi connectivity index (χ0n) is 12.3. The molecule has 1 aliphatic carbocycles. The lowest BCUT2D eigenvalue weighted by molar-refractivity contribution is 0.229. The number of phenolic OH excluding ortho intramolecular Hbond substituents is 1. The molecule has 0 bridgehead atoms. The Bertz CT molecular complexity index is 618. The molecule has 0 spiro atoms. The fourth-order valence-electron chi connectivity index (χ4n) is 3.46. The summed E-state index contributed by atoms with van der Waals surface area (Å²) in [4.78, 5) is 0. The van der Waals surface area contributed by atoms with Gasteiger partial charge in [-0.3, -0.25) is 0 Å². The summed E-state index contributed by atoms with van der Waals surface area (Å²) in [6.45, 7) is 4.71. The highest BCUT2D eigenvalue weighted by molar-refractivity contribution is 5.97. The van der Waals surface area contributed by atoms with Crippen molar-refractivity contribution in [2.45, 2.75) is 45.6 Å². The van der Waals surface area contributed by atoms with Gasteiger partial charge in [-0.2, -0.15) is 0 Å². The highest BCUT2D eigenvalue weighted by Gasteiger charge is 2.27. The second-order valence-corrected chi connectivity index (χ2v) is 6.78. The first kappa shape index (κ1) is 13.3. The third-order valence-electron chi connectivity index (χ3n) is 4.46. The van der Waals surface area contributed by atoms with E-state index in [1.54, 1.807) is 6.07 Å². The van der Waals surface area contributed by atoms with Crippen LogP contribution in [0.3, 0.4) is 0 Å². The second kappa shape index (κ2) is 5.01. The van der Waals surface area contributed by atoms with Crippen molar-refractivity contribution in [1.29, 1.82) is 0 Å². The van der Waals surface area contributed by atoms with Crippen LogP contribution in [0, 0.1) is 5.41 Å². The van der Waals surface area contributed by atoms with Crippen molar-refractivity contribution < 1.29 is 5.11 Å². The molecular weight excluding hydrogens is 246 g/mol. The van der Waals surface area contributed by atoms with Crippen molar-refractivity contribution >= 4 is 16.5 Å². The van der Waals surface area contributed by atoms with Gasteiger partial charge in [-0.15, -0.1) is 0 Å². The number of anilines is 1. The number of phenols is 1. The van der Waals surface area contributed by atoms with Crippen LogP contribution in [0.2, 0.25) is 0 Å². The average molecular weight is 269 g/mol. The summed E-state index contributed by atoms with van der Waals surface area (Å²) in [6, 6.07) is 12.4. The quantitative estimate of drug-likeness (QED) is 0.810. The summed E-state index contributed by atoms with van der Waals surface area (Å²) < 4.78 is 0. The minimum Gasteiger partial charge on any atom is -0.507 e. The van der Waals surface area contributed by atoms with E-state index in [0.29, 0.717) is 17.2 Å². The summed E-state index contributed by atoms with van der Waals surface area (Å²) >= 11 is 0. The molecule has 2 N–H and O–H groups in total. The SMILES string of the molecule is CC1(C)CCCC(Nc2cccc3c(O)cccc23)C1. The first-order valence-corrected chi connectivity index (χ1v) is 7.52. The van der Waals surface area contributed by atoms with Crippen LogP contribution < -0.4 is 5.32 Å². The third-order valence-corrected chi connectivity index (χ3v) is 4.46. The van der Waals surface area contributed by atoms with Crippen LogP contribution in [-0.2, 0) is 0 Å². The Morgan fingerprint density at radius 1 is 1.10 bits per heavy atom. The highest BCUT2D eigenvalue weighted by atomic mass is 16.3. The molecule has 0 aromatic heterocycles. The predicted octanol–water partition coefficient (Wildman–Crippen LogP) is 4.93. The first-order valence-electron chi connectivity index (χ1n) is 7.52. The molecule has 0 heterocycles. The lowest BCUT2D eigenvalue weighted by Gasteiger charge is -2.36. The summed E-state index contributed by atoms with van der Waals surface area (Å²) in [7, 11) is 0. The Hall–Kier alpha value is -1.70. The monoisotopic (exact) mass is 269 g/mol. The minimum absolute atomic E-state index is 0.357. The number of fused-ring (bicyclic) bond motifs is 1. The van der Waals surface area contributed by atoms with Crippen molar-refractivity contribution in [3.63, 3.8) is 0 Å². The summed E-state index contributed by atoms with van der Waals surface area (Å²) in [5.74, 6) is 0.357. The van der Waals surface area contributed by atoms with Crippen molar-refractivity contribution in [3.8, 4) is 5.75 Å². The Kier molecular flexibility index (Phi) is 3.33. The van der Waals surface area contributed by atoms with Crippen LogP contribution in [0.5, 0.6) is 5.75 Å². The van der Waals surface area contributed by atoms with Crippen LogP contribution in [0.4, 0.5) is 5.69 Å². The van der Waals surface area contributed by atoms with Gasteiger partial charge in [0.1, 0.15) is 5.75 Å². The minimum atomic E-state index is 0.357. The largest absolute Gasteiger partial charge is 0.507 e. The van der Waals surface area contributed by atoms with E-state index >= 15 is 0 Å². The summed E-state index contributed by atoms with van der Waals surface area (Å²) in [5, 5.41) is 15.7. The van der Waals surface area contributed by atoms with Gasteiger partial charge in [-0.1, -0.05) is 44.5 Å². The maximum absolute atomic E-state index is 9.96. The molecule has 0 saturated heterocycles. The van der Waals surface area contributed by atoms with Crippen LogP contribution in [0.1, 0.15) is 39.5 Å². The molecule has 2 aromatic carbocycles. The fourth-order valence-corrected chi connectivity index (χ4v) is 3.46. The molecule has 1 unspecified atom stereocenters. The number of hydrogen-bond acceptors (Lipinski definition) is 2. The molecule has 0 amide bonds. The zero-order valence-corrected chi connectivity index (χ0v) is 12.3. The fraction of sp³-hybridized carbons (Fsp3) is 0.444. The average Bonchev–Trinajstić information content (AvgIpc) is 2.39. The van der Waals surface area contributed by atoms with Gasteiger partial charge >= 0.3 is 0 Å². The maximum Gasteiger partial charge on any atom is 0.123 e. The zero-order chi connectivity index (χ0) is 14.2. The van der Waals surface area contributed by atoms with E-state index in [0.717, 1.165) is 16.5 Å². The lowest BCUT2D eigenvalue weighted by Crippen LogP contribution is -2.31. The van der Waals surface area contributed by atoms with Gasteiger partial charge < -0.3 is 10.4 Å². The predicted molar refractivity (Wildman–Crippen MR) is 85.3 cm³/mol. The Balaban J connectivity index is 1.89. The molecule has 2 heteroatoms. The Morgan fingerprint density at radius 2 is 1.85 bits per heavy atom. The van der Waals surface area contributed by atoms with E-state index in [-0.39, 0.29) is 0 Å². The van der Waals surface area contributed by atoms with E-state index in [4.69, 9.17) is 0 Å². The lowest BCUT2D eigenvalue weighted by atomic mass is 9.75.